The van der Waals surface area contributed by atoms with Crippen LogP contribution in [0.3, 0.4) is 0 Å². The number of Topliss-reactive ketones (excluding diaryl/α,β-unsaturated/α-hetero) is 1. The van der Waals surface area contributed by atoms with E-state index in [9.17, 15) is 4.79 Å². The normalized spacial score (nSPS) is 16.9. The number of fused-ring (bicyclic) bond motifs is 1. The SMILES string of the molecule is CC(=O)CC1C=C(c2ccccc2)c2ccccc21. The van der Waals surface area contributed by atoms with Gasteiger partial charge in [-0.1, -0.05) is 60.7 Å². The number of hydrogen-bond acceptors (Lipinski definition) is 1. The van der Waals surface area contributed by atoms with Crippen LogP contribution in [0, 0.1) is 0 Å². The lowest BCUT2D eigenvalue weighted by molar-refractivity contribution is -0.117. The third-order valence-corrected chi connectivity index (χ3v) is 3.61. The quantitative estimate of drug-likeness (QED) is 0.795. The van der Waals surface area contributed by atoms with Crippen LogP contribution in [-0.2, 0) is 4.79 Å². The van der Waals surface area contributed by atoms with Gasteiger partial charge in [0.25, 0.3) is 0 Å². The lowest BCUT2D eigenvalue weighted by atomic mass is 9.95. The molecule has 1 atom stereocenters. The highest BCUT2D eigenvalue weighted by Gasteiger charge is 2.24. The molecule has 3 rings (SSSR count). The van der Waals surface area contributed by atoms with E-state index < -0.39 is 0 Å². The summed E-state index contributed by atoms with van der Waals surface area (Å²) in [6.07, 6.45) is 2.83. The second kappa shape index (κ2) is 4.85. The number of carbonyl (C=O) groups is 1. The van der Waals surface area contributed by atoms with E-state index in [4.69, 9.17) is 0 Å². The van der Waals surface area contributed by atoms with Gasteiger partial charge in [0.15, 0.2) is 0 Å². The van der Waals surface area contributed by atoms with Gasteiger partial charge in [-0.05, 0) is 29.2 Å². The van der Waals surface area contributed by atoms with Crippen LogP contribution in [0.4, 0.5) is 0 Å². The van der Waals surface area contributed by atoms with Crippen molar-refractivity contribution in [2.75, 3.05) is 0 Å². The molecule has 1 aliphatic rings. The number of rotatable bonds is 3. The summed E-state index contributed by atoms with van der Waals surface area (Å²) in [5, 5.41) is 0. The minimum absolute atomic E-state index is 0.226. The second-order valence-corrected chi connectivity index (χ2v) is 5.05. The number of hydrogen-bond donors (Lipinski definition) is 0. The minimum Gasteiger partial charge on any atom is -0.300 e. The fraction of sp³-hybridized carbons (Fsp3) is 0.167. The smallest absolute Gasteiger partial charge is 0.130 e. The molecule has 0 bridgehead atoms. The summed E-state index contributed by atoms with van der Waals surface area (Å²) >= 11 is 0. The first-order chi connectivity index (χ1) is 9.25. The average Bonchev–Trinajstić information content (AvgIpc) is 2.78. The lowest BCUT2D eigenvalue weighted by Crippen LogP contribution is -1.99. The van der Waals surface area contributed by atoms with Crippen LogP contribution in [0.5, 0.6) is 0 Å². The molecule has 1 aliphatic carbocycles. The van der Waals surface area contributed by atoms with Gasteiger partial charge in [-0.25, -0.2) is 0 Å². The van der Waals surface area contributed by atoms with Gasteiger partial charge in [-0.2, -0.15) is 0 Å². The second-order valence-electron chi connectivity index (χ2n) is 5.05. The van der Waals surface area contributed by atoms with E-state index in [0.717, 1.165) is 0 Å². The fourth-order valence-electron chi connectivity index (χ4n) is 2.79. The van der Waals surface area contributed by atoms with Crippen molar-refractivity contribution in [3.05, 3.63) is 77.4 Å². The summed E-state index contributed by atoms with van der Waals surface area (Å²) in [7, 11) is 0. The van der Waals surface area contributed by atoms with E-state index in [1.807, 2.05) is 12.1 Å². The van der Waals surface area contributed by atoms with Gasteiger partial charge in [0, 0.05) is 12.3 Å². The van der Waals surface area contributed by atoms with Crippen LogP contribution in [-0.4, -0.2) is 5.78 Å². The van der Waals surface area contributed by atoms with Crippen molar-refractivity contribution in [2.24, 2.45) is 0 Å². The average molecular weight is 248 g/mol. The molecule has 0 heterocycles. The molecule has 0 saturated carbocycles. The molecule has 1 nitrogen and oxygen atoms in total. The predicted molar refractivity (Wildman–Crippen MR) is 78.0 cm³/mol. The van der Waals surface area contributed by atoms with Crippen LogP contribution in [0.2, 0.25) is 0 Å². The van der Waals surface area contributed by atoms with Gasteiger partial charge in [-0.3, -0.25) is 4.79 Å². The zero-order valence-electron chi connectivity index (χ0n) is 11.0. The van der Waals surface area contributed by atoms with Gasteiger partial charge in [-0.15, -0.1) is 0 Å². The molecule has 2 aromatic carbocycles. The summed E-state index contributed by atoms with van der Waals surface area (Å²) in [5.41, 5.74) is 5.01. The number of benzene rings is 2. The maximum Gasteiger partial charge on any atom is 0.130 e. The van der Waals surface area contributed by atoms with E-state index in [1.54, 1.807) is 6.92 Å². The van der Waals surface area contributed by atoms with Crippen LogP contribution in [0.25, 0.3) is 5.57 Å². The van der Waals surface area contributed by atoms with Gasteiger partial charge in [0.05, 0.1) is 0 Å². The molecule has 0 N–H and O–H groups in total. The van der Waals surface area contributed by atoms with E-state index in [2.05, 4.69) is 48.5 Å². The van der Waals surface area contributed by atoms with Crippen molar-refractivity contribution in [1.29, 1.82) is 0 Å². The summed E-state index contributed by atoms with van der Waals surface area (Å²) in [6.45, 7) is 1.66. The Morgan fingerprint density at radius 3 is 2.42 bits per heavy atom. The largest absolute Gasteiger partial charge is 0.300 e. The maximum atomic E-state index is 11.4. The molecule has 0 fully saturated rings. The lowest BCUT2D eigenvalue weighted by Gasteiger charge is -2.08. The molecule has 2 aromatic rings. The Morgan fingerprint density at radius 2 is 1.68 bits per heavy atom. The highest BCUT2D eigenvalue weighted by Crippen LogP contribution is 2.40. The first-order valence-corrected chi connectivity index (χ1v) is 6.61. The molecular weight excluding hydrogens is 232 g/mol. The first-order valence-electron chi connectivity index (χ1n) is 6.61. The molecule has 94 valence electrons. The Balaban J connectivity index is 2.08. The van der Waals surface area contributed by atoms with Gasteiger partial charge >= 0.3 is 0 Å². The van der Waals surface area contributed by atoms with Crippen LogP contribution >= 0.6 is 0 Å². The molecule has 0 amide bonds. The molecular formula is C18H16O. The maximum absolute atomic E-state index is 11.4. The van der Waals surface area contributed by atoms with Gasteiger partial charge in [0.2, 0.25) is 0 Å². The third kappa shape index (κ3) is 2.24. The zero-order valence-corrected chi connectivity index (χ0v) is 11.0. The zero-order chi connectivity index (χ0) is 13.2. The summed E-state index contributed by atoms with van der Waals surface area (Å²) < 4.78 is 0. The highest BCUT2D eigenvalue weighted by atomic mass is 16.1. The van der Waals surface area contributed by atoms with E-state index in [1.165, 1.54) is 22.3 Å². The van der Waals surface area contributed by atoms with Crippen molar-refractivity contribution in [3.63, 3.8) is 0 Å². The Kier molecular flexibility index (Phi) is 3.04. The van der Waals surface area contributed by atoms with Crippen LogP contribution in [0.15, 0.2) is 60.7 Å². The monoisotopic (exact) mass is 248 g/mol. The van der Waals surface area contributed by atoms with Crippen molar-refractivity contribution in [2.45, 2.75) is 19.3 Å². The molecule has 1 heteroatoms. The molecule has 0 aromatic heterocycles. The Labute approximate surface area is 113 Å². The Hall–Kier alpha value is -2.15. The van der Waals surface area contributed by atoms with E-state index in [0.29, 0.717) is 6.42 Å². The predicted octanol–water partition coefficient (Wildman–Crippen LogP) is 4.19. The molecule has 0 radical (unpaired) electrons. The van der Waals surface area contributed by atoms with Gasteiger partial charge in [0.1, 0.15) is 5.78 Å². The molecule has 0 saturated heterocycles. The van der Waals surface area contributed by atoms with E-state index >= 15 is 0 Å². The molecule has 0 spiro atoms. The summed E-state index contributed by atoms with van der Waals surface area (Å²) in [5.74, 6) is 0.467. The Bertz CT molecular complexity index is 638. The minimum atomic E-state index is 0.226. The first kappa shape index (κ1) is 11.9. The fourth-order valence-corrected chi connectivity index (χ4v) is 2.79. The standard InChI is InChI=1S/C18H16O/c1-13(19)11-15-12-18(14-7-3-2-4-8-14)17-10-6-5-9-16(15)17/h2-10,12,15H,11H2,1H3. The number of allylic oxidation sites excluding steroid dienone is 1. The summed E-state index contributed by atoms with van der Waals surface area (Å²) in [4.78, 5) is 11.4. The number of carbonyl (C=O) groups excluding carboxylic acids is 1. The van der Waals surface area contributed by atoms with Gasteiger partial charge < -0.3 is 0 Å². The summed E-state index contributed by atoms with van der Waals surface area (Å²) in [6, 6.07) is 18.8. The topological polar surface area (TPSA) is 17.1 Å². The third-order valence-electron chi connectivity index (χ3n) is 3.61. The molecule has 1 unspecified atom stereocenters. The van der Waals surface area contributed by atoms with Crippen molar-refractivity contribution in [1.82, 2.24) is 0 Å². The molecule has 19 heavy (non-hydrogen) atoms. The van der Waals surface area contributed by atoms with Crippen molar-refractivity contribution >= 4 is 11.4 Å². The molecule has 0 aliphatic heterocycles. The Morgan fingerprint density at radius 1 is 1.00 bits per heavy atom. The highest BCUT2D eigenvalue weighted by molar-refractivity contribution is 5.87. The van der Waals surface area contributed by atoms with Crippen molar-refractivity contribution in [3.8, 4) is 0 Å². The van der Waals surface area contributed by atoms with Crippen LogP contribution < -0.4 is 0 Å². The number of ketones is 1. The van der Waals surface area contributed by atoms with E-state index in [-0.39, 0.29) is 11.7 Å². The van der Waals surface area contributed by atoms with Crippen LogP contribution in [0.1, 0.15) is 36.0 Å². The van der Waals surface area contributed by atoms with Crippen molar-refractivity contribution < 1.29 is 4.79 Å².